The summed E-state index contributed by atoms with van der Waals surface area (Å²) in [4.78, 5) is 10.2. The zero-order valence-electron chi connectivity index (χ0n) is 9.45. The van der Waals surface area contributed by atoms with Gasteiger partial charge in [0.25, 0.3) is 0 Å². The average molecular weight is 229 g/mol. The molecule has 88 valence electrons. The van der Waals surface area contributed by atoms with E-state index in [-0.39, 0.29) is 6.61 Å². The van der Waals surface area contributed by atoms with Crippen LogP contribution in [0.5, 0.6) is 0 Å². The molecule has 0 radical (unpaired) electrons. The van der Waals surface area contributed by atoms with Crippen LogP contribution in [0, 0.1) is 0 Å². The first-order chi connectivity index (χ1) is 8.29. The van der Waals surface area contributed by atoms with Crippen LogP contribution in [-0.2, 0) is 11.3 Å². The van der Waals surface area contributed by atoms with Gasteiger partial charge >= 0.3 is 6.09 Å². The molecule has 0 aliphatic rings. The molecule has 0 bridgehead atoms. The Morgan fingerprint density at radius 2 is 1.29 bits per heavy atom. The quantitative estimate of drug-likeness (QED) is 0.860. The van der Waals surface area contributed by atoms with E-state index in [0.29, 0.717) is 0 Å². The number of primary amides is 1. The van der Waals surface area contributed by atoms with Gasteiger partial charge in [0.15, 0.2) is 0 Å². The van der Waals surface area contributed by atoms with E-state index in [4.69, 9.17) is 5.73 Å². The van der Waals surface area contributed by atoms with Crippen LogP contribution < -0.4 is 5.73 Å². The van der Waals surface area contributed by atoms with Crippen LogP contribution in [0.25, 0.3) is 0 Å². The molecule has 2 aromatic rings. The van der Waals surface area contributed by atoms with Crippen molar-refractivity contribution in [1.29, 1.82) is 0 Å². The SMILES string of the molecule is NC(=O)OCc1ccccc1.c1ccccc1. The Bertz CT molecular complexity index is 388. The van der Waals surface area contributed by atoms with Gasteiger partial charge in [-0.2, -0.15) is 0 Å². The molecular formula is C14H15NO2. The van der Waals surface area contributed by atoms with Gasteiger partial charge in [-0.15, -0.1) is 0 Å². The van der Waals surface area contributed by atoms with Crippen molar-refractivity contribution in [3.63, 3.8) is 0 Å². The van der Waals surface area contributed by atoms with Crippen LogP contribution in [0.4, 0.5) is 4.79 Å². The summed E-state index contributed by atoms with van der Waals surface area (Å²) in [5.74, 6) is 0. The molecule has 0 saturated heterocycles. The molecule has 3 heteroatoms. The standard InChI is InChI=1S/C8H9NO2.C6H6/c9-8(10)11-6-7-4-2-1-3-5-7;1-2-4-6-5-3-1/h1-5H,6H2,(H2,9,10);1-6H. The van der Waals surface area contributed by atoms with E-state index >= 15 is 0 Å². The fourth-order valence-electron chi connectivity index (χ4n) is 1.11. The van der Waals surface area contributed by atoms with Crippen molar-refractivity contribution in [2.24, 2.45) is 5.73 Å². The topological polar surface area (TPSA) is 52.3 Å². The summed E-state index contributed by atoms with van der Waals surface area (Å²) in [6, 6.07) is 21.4. The molecule has 0 aliphatic heterocycles. The van der Waals surface area contributed by atoms with Gasteiger partial charge in [-0.05, 0) is 5.56 Å². The molecule has 2 N–H and O–H groups in total. The number of amides is 1. The van der Waals surface area contributed by atoms with Gasteiger partial charge in [-0.25, -0.2) is 4.79 Å². The van der Waals surface area contributed by atoms with Crippen molar-refractivity contribution in [3.8, 4) is 0 Å². The highest BCUT2D eigenvalue weighted by Gasteiger charge is 1.93. The predicted octanol–water partition coefficient (Wildman–Crippen LogP) is 2.97. The van der Waals surface area contributed by atoms with Gasteiger partial charge < -0.3 is 10.5 Å². The summed E-state index contributed by atoms with van der Waals surface area (Å²) in [6.45, 7) is 0.246. The van der Waals surface area contributed by atoms with Crippen LogP contribution in [0.3, 0.4) is 0 Å². The molecule has 2 aromatic carbocycles. The summed E-state index contributed by atoms with van der Waals surface area (Å²) in [6.07, 6.45) is -0.742. The van der Waals surface area contributed by atoms with Gasteiger partial charge in [-0.1, -0.05) is 66.7 Å². The Hall–Kier alpha value is -2.29. The highest BCUT2D eigenvalue weighted by molar-refractivity contribution is 5.64. The largest absolute Gasteiger partial charge is 0.445 e. The van der Waals surface area contributed by atoms with Crippen LogP contribution in [0.2, 0.25) is 0 Å². The minimum atomic E-state index is -0.742. The minimum absolute atomic E-state index is 0.246. The fraction of sp³-hybridized carbons (Fsp3) is 0.0714. The van der Waals surface area contributed by atoms with Crippen LogP contribution >= 0.6 is 0 Å². The monoisotopic (exact) mass is 229 g/mol. The van der Waals surface area contributed by atoms with Crippen LogP contribution in [0.15, 0.2) is 66.7 Å². The molecule has 3 nitrogen and oxygen atoms in total. The van der Waals surface area contributed by atoms with E-state index in [1.54, 1.807) is 0 Å². The Labute approximate surface area is 101 Å². The second-order valence-electron chi connectivity index (χ2n) is 3.25. The van der Waals surface area contributed by atoms with Crippen molar-refractivity contribution < 1.29 is 9.53 Å². The Kier molecular flexibility index (Phi) is 5.96. The molecular weight excluding hydrogens is 214 g/mol. The molecule has 17 heavy (non-hydrogen) atoms. The summed E-state index contributed by atoms with van der Waals surface area (Å²) < 4.78 is 4.57. The van der Waals surface area contributed by atoms with Crippen molar-refractivity contribution >= 4 is 6.09 Å². The average Bonchev–Trinajstić information content (AvgIpc) is 2.40. The first-order valence-corrected chi connectivity index (χ1v) is 5.25. The normalized spacial score (nSPS) is 8.71. The third-order valence-corrected chi connectivity index (χ3v) is 1.89. The molecule has 1 amide bonds. The van der Waals surface area contributed by atoms with E-state index in [1.807, 2.05) is 66.7 Å². The lowest BCUT2D eigenvalue weighted by molar-refractivity contribution is 0.150. The van der Waals surface area contributed by atoms with E-state index in [9.17, 15) is 4.79 Å². The van der Waals surface area contributed by atoms with Gasteiger partial charge in [0, 0.05) is 0 Å². The zero-order valence-corrected chi connectivity index (χ0v) is 9.45. The third-order valence-electron chi connectivity index (χ3n) is 1.89. The molecule has 0 heterocycles. The maximum Gasteiger partial charge on any atom is 0.404 e. The van der Waals surface area contributed by atoms with E-state index in [1.165, 1.54) is 0 Å². The third kappa shape index (κ3) is 6.73. The summed E-state index contributed by atoms with van der Waals surface area (Å²) >= 11 is 0. The number of ether oxygens (including phenoxy) is 1. The lowest BCUT2D eigenvalue weighted by atomic mass is 10.2. The Morgan fingerprint density at radius 3 is 1.71 bits per heavy atom. The lowest BCUT2D eigenvalue weighted by Crippen LogP contribution is -2.12. The second kappa shape index (κ2) is 7.93. The van der Waals surface area contributed by atoms with Crippen LogP contribution in [-0.4, -0.2) is 6.09 Å². The van der Waals surface area contributed by atoms with E-state index < -0.39 is 6.09 Å². The molecule has 0 aromatic heterocycles. The van der Waals surface area contributed by atoms with Crippen molar-refractivity contribution in [2.75, 3.05) is 0 Å². The summed E-state index contributed by atoms with van der Waals surface area (Å²) in [5, 5.41) is 0. The summed E-state index contributed by atoms with van der Waals surface area (Å²) in [5.41, 5.74) is 5.72. The van der Waals surface area contributed by atoms with Crippen LogP contribution in [0.1, 0.15) is 5.56 Å². The van der Waals surface area contributed by atoms with E-state index in [0.717, 1.165) is 5.56 Å². The first kappa shape index (κ1) is 12.8. The Morgan fingerprint density at radius 1 is 0.882 bits per heavy atom. The van der Waals surface area contributed by atoms with Crippen molar-refractivity contribution in [2.45, 2.75) is 6.61 Å². The number of hydrogen-bond donors (Lipinski definition) is 1. The molecule has 0 unspecified atom stereocenters. The molecule has 0 spiro atoms. The number of carbonyl (C=O) groups excluding carboxylic acids is 1. The highest BCUT2D eigenvalue weighted by Crippen LogP contribution is 1.99. The highest BCUT2D eigenvalue weighted by atomic mass is 16.5. The zero-order chi connectivity index (χ0) is 12.3. The number of rotatable bonds is 2. The second-order valence-corrected chi connectivity index (χ2v) is 3.25. The molecule has 0 atom stereocenters. The smallest absolute Gasteiger partial charge is 0.404 e. The maximum atomic E-state index is 10.2. The number of nitrogens with two attached hydrogens (primary N) is 1. The van der Waals surface area contributed by atoms with Gasteiger partial charge in [0.2, 0.25) is 0 Å². The maximum absolute atomic E-state index is 10.2. The molecule has 2 rings (SSSR count). The first-order valence-electron chi connectivity index (χ1n) is 5.25. The van der Waals surface area contributed by atoms with E-state index in [2.05, 4.69) is 4.74 Å². The minimum Gasteiger partial charge on any atom is -0.445 e. The van der Waals surface area contributed by atoms with Gasteiger partial charge in [-0.3, -0.25) is 0 Å². The molecule has 0 saturated carbocycles. The van der Waals surface area contributed by atoms with Gasteiger partial charge in [0.05, 0.1) is 0 Å². The number of benzene rings is 2. The summed E-state index contributed by atoms with van der Waals surface area (Å²) in [7, 11) is 0. The number of hydrogen-bond acceptors (Lipinski definition) is 2. The lowest BCUT2D eigenvalue weighted by Gasteiger charge is -1.99. The molecule has 0 fully saturated rings. The van der Waals surface area contributed by atoms with Crippen molar-refractivity contribution in [3.05, 3.63) is 72.3 Å². The Balaban J connectivity index is 0.000000202. The predicted molar refractivity (Wildman–Crippen MR) is 67.3 cm³/mol. The fourth-order valence-corrected chi connectivity index (χ4v) is 1.11. The molecule has 0 aliphatic carbocycles. The number of carbonyl (C=O) groups is 1. The van der Waals surface area contributed by atoms with Gasteiger partial charge in [0.1, 0.15) is 6.61 Å². The van der Waals surface area contributed by atoms with Crippen molar-refractivity contribution in [1.82, 2.24) is 0 Å².